The summed E-state index contributed by atoms with van der Waals surface area (Å²) in [6, 6.07) is 0. The molecule has 0 radical (unpaired) electrons. The van der Waals surface area contributed by atoms with Crippen molar-refractivity contribution in [2.24, 2.45) is 5.41 Å². The molecule has 0 saturated heterocycles. The smallest absolute Gasteiger partial charge is 0.332 e. The summed E-state index contributed by atoms with van der Waals surface area (Å²) in [6.07, 6.45) is 0. The van der Waals surface area contributed by atoms with Gasteiger partial charge in [-0.15, -0.1) is 0 Å². The maximum Gasteiger partial charge on any atom is 0.332 e. The van der Waals surface area contributed by atoms with Crippen molar-refractivity contribution < 1.29 is 4.92 Å². The van der Waals surface area contributed by atoms with Gasteiger partial charge in [0.05, 0.1) is 4.92 Å². The molecule has 1 heterocycles. The van der Waals surface area contributed by atoms with Crippen molar-refractivity contribution in [3.05, 3.63) is 15.8 Å². The Bertz CT molecular complexity index is 468. The molecule has 2 N–H and O–H groups in total. The van der Waals surface area contributed by atoms with Crippen molar-refractivity contribution in [3.63, 3.8) is 0 Å². The Morgan fingerprint density at radius 1 is 1.26 bits per heavy atom. The number of aromatic nitrogens is 2. The van der Waals surface area contributed by atoms with Crippen LogP contribution in [0.15, 0.2) is 0 Å². The van der Waals surface area contributed by atoms with Crippen LogP contribution in [0.3, 0.4) is 0 Å². The third kappa shape index (κ3) is 4.35. The Balaban J connectivity index is 3.13. The highest BCUT2D eigenvalue weighted by Crippen LogP contribution is 2.27. The molecule has 19 heavy (non-hydrogen) atoms. The van der Waals surface area contributed by atoms with Crippen molar-refractivity contribution in [3.8, 4) is 0 Å². The number of nitro groups is 1. The summed E-state index contributed by atoms with van der Waals surface area (Å²) in [4.78, 5) is 18.9. The molecule has 0 unspecified atom stereocenters. The van der Waals surface area contributed by atoms with Crippen LogP contribution in [0.25, 0.3) is 0 Å². The largest absolute Gasteiger partial charge is 0.364 e. The number of rotatable bonds is 5. The molecule has 106 valence electrons. The van der Waals surface area contributed by atoms with Crippen LogP contribution >= 0.6 is 0 Å². The summed E-state index contributed by atoms with van der Waals surface area (Å²) < 4.78 is 0. The zero-order chi connectivity index (χ0) is 14.6. The topological polar surface area (TPSA) is 93.0 Å². The zero-order valence-corrected chi connectivity index (χ0v) is 12.1. The van der Waals surface area contributed by atoms with Crippen molar-refractivity contribution in [2.45, 2.75) is 34.6 Å². The van der Waals surface area contributed by atoms with Gasteiger partial charge in [-0.2, -0.15) is 4.98 Å². The minimum Gasteiger partial charge on any atom is -0.364 e. The highest BCUT2D eigenvalue weighted by molar-refractivity contribution is 5.60. The number of anilines is 2. The first kappa shape index (κ1) is 15.1. The molecule has 7 nitrogen and oxygen atoms in total. The second kappa shape index (κ2) is 5.81. The lowest BCUT2D eigenvalue weighted by Crippen LogP contribution is -2.21. The maximum atomic E-state index is 11.1. The van der Waals surface area contributed by atoms with E-state index in [4.69, 9.17) is 0 Å². The molecule has 0 saturated carbocycles. The van der Waals surface area contributed by atoms with Crippen LogP contribution in [0.4, 0.5) is 17.5 Å². The fourth-order valence-corrected chi connectivity index (χ4v) is 1.49. The van der Waals surface area contributed by atoms with Crippen LogP contribution in [-0.2, 0) is 0 Å². The SMILES string of the molecule is CCNc1nc(C)c([N+](=O)[O-])c(NCC(C)(C)C)n1. The number of hydrogen-bond acceptors (Lipinski definition) is 6. The van der Waals surface area contributed by atoms with E-state index in [1.165, 1.54) is 0 Å². The van der Waals surface area contributed by atoms with Crippen molar-refractivity contribution >= 4 is 17.5 Å². The first-order chi connectivity index (χ1) is 8.74. The number of hydrogen-bond donors (Lipinski definition) is 2. The Morgan fingerprint density at radius 2 is 1.89 bits per heavy atom. The molecular weight excluding hydrogens is 246 g/mol. The number of aryl methyl sites for hydroxylation is 1. The monoisotopic (exact) mass is 267 g/mol. The first-order valence-electron chi connectivity index (χ1n) is 6.25. The van der Waals surface area contributed by atoms with Gasteiger partial charge in [0.1, 0.15) is 5.69 Å². The molecule has 1 aromatic heterocycles. The van der Waals surface area contributed by atoms with E-state index in [0.29, 0.717) is 24.7 Å². The molecule has 0 aliphatic rings. The molecule has 0 fully saturated rings. The van der Waals surface area contributed by atoms with Gasteiger partial charge < -0.3 is 10.6 Å². The average Bonchev–Trinajstić information content (AvgIpc) is 2.24. The van der Waals surface area contributed by atoms with E-state index < -0.39 is 4.92 Å². The lowest BCUT2D eigenvalue weighted by molar-refractivity contribution is -0.385. The molecule has 0 aliphatic carbocycles. The Kier molecular flexibility index (Phi) is 4.63. The number of nitrogens with zero attached hydrogens (tertiary/aromatic N) is 3. The summed E-state index contributed by atoms with van der Waals surface area (Å²) in [5.74, 6) is 0.672. The minimum atomic E-state index is -0.448. The standard InChI is InChI=1S/C12H21N5O2/c1-6-13-11-15-8(2)9(17(18)19)10(16-11)14-7-12(3,4)5/h6-7H2,1-5H3,(H2,13,14,15,16). The summed E-state index contributed by atoms with van der Waals surface area (Å²) in [5.41, 5.74) is 0.295. The van der Waals surface area contributed by atoms with Crippen LogP contribution in [0.2, 0.25) is 0 Å². The highest BCUT2D eigenvalue weighted by Gasteiger charge is 2.23. The summed E-state index contributed by atoms with van der Waals surface area (Å²) in [7, 11) is 0. The van der Waals surface area contributed by atoms with Crippen LogP contribution in [0, 0.1) is 22.5 Å². The fraction of sp³-hybridized carbons (Fsp3) is 0.667. The molecular formula is C12H21N5O2. The number of nitrogens with one attached hydrogen (secondary N) is 2. The van der Waals surface area contributed by atoms with Crippen molar-refractivity contribution in [1.29, 1.82) is 0 Å². The molecule has 0 bridgehead atoms. The average molecular weight is 267 g/mol. The predicted octanol–water partition coefficient (Wildman–Crippen LogP) is 2.58. The molecule has 0 aliphatic heterocycles. The van der Waals surface area contributed by atoms with Crippen LogP contribution in [0.5, 0.6) is 0 Å². The van der Waals surface area contributed by atoms with E-state index in [9.17, 15) is 10.1 Å². The van der Waals surface area contributed by atoms with Gasteiger partial charge in [-0.1, -0.05) is 20.8 Å². The van der Waals surface area contributed by atoms with Crippen LogP contribution < -0.4 is 10.6 Å². The summed E-state index contributed by atoms with van der Waals surface area (Å²) in [5, 5.41) is 17.1. The Labute approximate surface area is 113 Å². The molecule has 7 heteroatoms. The zero-order valence-electron chi connectivity index (χ0n) is 12.1. The van der Waals surface area contributed by atoms with Gasteiger partial charge in [0.25, 0.3) is 0 Å². The van der Waals surface area contributed by atoms with Gasteiger partial charge in [0.15, 0.2) is 0 Å². The lowest BCUT2D eigenvalue weighted by atomic mass is 9.97. The third-order valence-electron chi connectivity index (χ3n) is 2.36. The predicted molar refractivity (Wildman–Crippen MR) is 75.5 cm³/mol. The van der Waals surface area contributed by atoms with E-state index in [0.717, 1.165) is 0 Å². The van der Waals surface area contributed by atoms with Gasteiger partial charge >= 0.3 is 5.69 Å². The maximum absolute atomic E-state index is 11.1. The summed E-state index contributed by atoms with van der Waals surface area (Å²) >= 11 is 0. The second-order valence-electron chi connectivity index (χ2n) is 5.53. The van der Waals surface area contributed by atoms with Gasteiger partial charge in [0, 0.05) is 13.1 Å². The minimum absolute atomic E-state index is 0.00503. The van der Waals surface area contributed by atoms with Crippen molar-refractivity contribution in [1.82, 2.24) is 9.97 Å². The van der Waals surface area contributed by atoms with Gasteiger partial charge in [-0.3, -0.25) is 10.1 Å². The van der Waals surface area contributed by atoms with E-state index in [1.54, 1.807) is 6.92 Å². The van der Waals surface area contributed by atoms with Crippen LogP contribution in [0.1, 0.15) is 33.4 Å². The summed E-state index contributed by atoms with van der Waals surface area (Å²) in [6.45, 7) is 10.9. The molecule has 1 aromatic rings. The van der Waals surface area contributed by atoms with Gasteiger partial charge in [-0.25, -0.2) is 4.98 Å². The Morgan fingerprint density at radius 3 is 2.37 bits per heavy atom. The molecule has 0 atom stereocenters. The fourth-order valence-electron chi connectivity index (χ4n) is 1.49. The van der Waals surface area contributed by atoms with Gasteiger partial charge in [0.2, 0.25) is 11.8 Å². The van der Waals surface area contributed by atoms with E-state index in [-0.39, 0.29) is 16.9 Å². The molecule has 0 aromatic carbocycles. The Hall–Kier alpha value is -1.92. The molecule has 0 spiro atoms. The van der Waals surface area contributed by atoms with Gasteiger partial charge in [-0.05, 0) is 19.3 Å². The van der Waals surface area contributed by atoms with Crippen molar-refractivity contribution in [2.75, 3.05) is 23.7 Å². The normalized spacial score (nSPS) is 11.2. The first-order valence-corrected chi connectivity index (χ1v) is 6.25. The quantitative estimate of drug-likeness (QED) is 0.629. The van der Waals surface area contributed by atoms with E-state index in [2.05, 4.69) is 20.6 Å². The van der Waals surface area contributed by atoms with Crippen LogP contribution in [-0.4, -0.2) is 28.0 Å². The second-order valence-corrected chi connectivity index (χ2v) is 5.53. The van der Waals surface area contributed by atoms with E-state index >= 15 is 0 Å². The van der Waals surface area contributed by atoms with E-state index in [1.807, 2.05) is 27.7 Å². The highest BCUT2D eigenvalue weighted by atomic mass is 16.6. The molecule has 1 rings (SSSR count). The molecule has 0 amide bonds. The lowest BCUT2D eigenvalue weighted by Gasteiger charge is -2.19. The third-order valence-corrected chi connectivity index (χ3v) is 2.36.